The van der Waals surface area contributed by atoms with Gasteiger partial charge >= 0.3 is 5.97 Å². The summed E-state index contributed by atoms with van der Waals surface area (Å²) in [6.45, 7) is 38.3. The van der Waals surface area contributed by atoms with Gasteiger partial charge in [-0.05, 0) is 117 Å². The minimum absolute atomic E-state index is 0. The number of halogens is 1. The zero-order valence-electron chi connectivity index (χ0n) is 69.4. The smallest absolute Gasteiger partial charge is 0.312 e. The quantitative estimate of drug-likeness (QED) is 0.0220. The van der Waals surface area contributed by atoms with Crippen molar-refractivity contribution >= 4 is 99.6 Å². The van der Waals surface area contributed by atoms with Gasteiger partial charge < -0.3 is 25.2 Å². The number of nitrogens with zero attached hydrogens (tertiary/aromatic N) is 4. The summed E-state index contributed by atoms with van der Waals surface area (Å²) in [5.41, 5.74) is 4.53. The lowest BCUT2D eigenvalue weighted by Crippen LogP contribution is -2.55. The predicted octanol–water partition coefficient (Wildman–Crippen LogP) is 13.7. The third-order valence-corrected chi connectivity index (χ3v) is 27.6. The predicted molar refractivity (Wildman–Crippen MR) is 419 cm³/mol. The topological polar surface area (TPSA) is 327 Å². The molecule has 3 unspecified atom stereocenters. The van der Waals surface area contributed by atoms with E-state index in [9.17, 15) is 77.2 Å². The van der Waals surface area contributed by atoms with Crippen LogP contribution in [0.25, 0.3) is 0 Å². The molecule has 3 amide bonds. The maximum atomic E-state index is 14.2. The van der Waals surface area contributed by atoms with Gasteiger partial charge in [0.15, 0.2) is 34.7 Å². The summed E-state index contributed by atoms with van der Waals surface area (Å²) in [4.78, 5) is 199. The van der Waals surface area contributed by atoms with Gasteiger partial charge in [-0.2, -0.15) is 0 Å². The number of hydrogen-bond donors (Lipinski definition) is 1. The summed E-state index contributed by atoms with van der Waals surface area (Å²) in [5, 5.41) is 10.9. The first-order chi connectivity index (χ1) is 50.6. The molecule has 22 nitrogen and oxygen atoms in total. The molecule has 1 aromatic rings. The first-order valence-corrected chi connectivity index (χ1v) is 41.0. The van der Waals surface area contributed by atoms with Crippen LogP contribution in [0.1, 0.15) is 266 Å². The van der Waals surface area contributed by atoms with Crippen molar-refractivity contribution in [3.05, 3.63) is 34.4 Å². The molecule has 10 rings (SSSR count). The summed E-state index contributed by atoms with van der Waals surface area (Å²) in [5.74, 6) is -5.09. The fourth-order valence-electron chi connectivity index (χ4n) is 19.0. The van der Waals surface area contributed by atoms with E-state index in [2.05, 4.69) is 41.5 Å². The maximum Gasteiger partial charge on any atom is 0.312 e. The van der Waals surface area contributed by atoms with E-state index < -0.39 is 116 Å². The Morgan fingerprint density at radius 1 is 0.464 bits per heavy atom. The second-order valence-corrected chi connectivity index (χ2v) is 39.0. The number of Topliss-reactive ketones (excluding diaryl/α,β-unsaturated/α-hetero) is 10. The molecule has 2 N–H and O–H groups in total. The molecule has 3 saturated heterocycles. The van der Waals surface area contributed by atoms with Crippen molar-refractivity contribution in [2.45, 2.75) is 291 Å². The lowest BCUT2D eigenvalue weighted by molar-refractivity contribution is -0.384. The van der Waals surface area contributed by atoms with E-state index in [0.29, 0.717) is 63.1 Å². The maximum absolute atomic E-state index is 14.2. The van der Waals surface area contributed by atoms with Crippen LogP contribution in [0.15, 0.2) is 24.3 Å². The fraction of sp³-hybridized carbons (Fsp3) is 0.770. The molecule has 0 spiro atoms. The average Bonchev–Trinajstić information content (AvgIpc) is 1.54. The number of fused-ring (bicyclic) bond motifs is 3. The van der Waals surface area contributed by atoms with Crippen LogP contribution in [-0.2, 0) is 67.1 Å². The number of ether oxygens (including phenoxy) is 1. The summed E-state index contributed by atoms with van der Waals surface area (Å²) in [6, 6.07) is 2.64. The highest BCUT2D eigenvalue weighted by Crippen LogP contribution is 2.68. The van der Waals surface area contributed by atoms with Gasteiger partial charge in [0.2, 0.25) is 35.1 Å². The third-order valence-electron chi connectivity index (χ3n) is 27.6. The standard InChI is InChI=1S/C33H44N2O8.C29H45NO5.C25H40N2O4.ClH/c1-7-25(36)30(39)20(15-19-9-8-10-19)16-26(37)29-28-24(33(28,5)6)18-34(29)31(40)23(32(2,3)4)17-27(38)43-22-13-11-21(12-14-22)35(41)42;1-8-19(31)15-20(28(3,4)5)27(35)30-16-21-24(29(21,6)7)25(30)23(33)14-18(13-17-11-10-12-17)26(34)22(32)9-2;1-7-17(28)21(30)15(11-14-9-8-10-14)12-18(29)20-19-16(25(19,5)6)13-27(20)23(31)22(26)24(2,3)4;/h11-14,19-20,23-24,28-29H,7-10,15-18H2,1-6H3;17-18,20-21,24-25H,8-16H2,1-7H3;14-16,19-20,22H,7-13,26H2,1-6H3;1H/t20?,23-,24+,28+,29-;18?,20-,21+,24+,25-;15?,16-,19-,20+,22+;/m110./s1. The molecule has 6 aliphatic carbocycles. The Labute approximate surface area is 659 Å². The van der Waals surface area contributed by atoms with E-state index in [4.69, 9.17) is 10.5 Å². The molecule has 0 radical (unpaired) electrons. The van der Waals surface area contributed by atoms with E-state index in [1.54, 1.807) is 35.5 Å². The molecule has 0 aromatic heterocycles. The van der Waals surface area contributed by atoms with E-state index >= 15 is 0 Å². The number of nitro benzene ring substituents is 1. The zero-order chi connectivity index (χ0) is 81.4. The van der Waals surface area contributed by atoms with Gasteiger partial charge in [-0.25, -0.2) is 0 Å². The number of amides is 3. The van der Waals surface area contributed by atoms with Crippen molar-refractivity contribution in [3.8, 4) is 5.75 Å². The molecule has 23 heteroatoms. The van der Waals surface area contributed by atoms with E-state index in [-0.39, 0.29) is 168 Å². The Morgan fingerprint density at radius 2 is 0.764 bits per heavy atom. The van der Waals surface area contributed by atoms with Gasteiger partial charge in [-0.15, -0.1) is 12.4 Å². The van der Waals surface area contributed by atoms with Crippen molar-refractivity contribution in [2.75, 3.05) is 19.6 Å². The van der Waals surface area contributed by atoms with Crippen LogP contribution in [0.2, 0.25) is 0 Å². The van der Waals surface area contributed by atoms with Gasteiger partial charge in [0, 0.05) is 107 Å². The summed E-state index contributed by atoms with van der Waals surface area (Å²) in [7, 11) is 0. The number of carbonyl (C=O) groups excluding carboxylic acids is 14. The minimum atomic E-state index is -0.789. The summed E-state index contributed by atoms with van der Waals surface area (Å²) >= 11 is 0. The molecule has 3 aliphatic heterocycles. The SMILES string of the molecule is CCC(=O)C(=O)C(CC(=O)[C@@H]1[C@@H]2[C@H](CN1C(=O)[C@@H](CC(=O)Oc1ccc([N+](=O)[O-])cc1)C(C)(C)C)C2(C)C)CC1CCC1.CCC(=O)C(=O)C(CC(=O)[C@@H]1[C@@H]2[C@H](CN1C(=O)[C@@H](N)C(C)(C)C)C2(C)C)CC1CCC1.CCC(=O)C[C@H](C(=O)N1C[C@H]2[C@@H]([C@H]1C(=O)CC(CC1CCC1)C(=O)C(=O)CC)C2(C)C)C(C)(C)C.Cl. The van der Waals surface area contributed by atoms with Crippen molar-refractivity contribution < 1.29 is 76.8 Å². The Kier molecular flexibility index (Phi) is 29.2. The van der Waals surface area contributed by atoms with Crippen LogP contribution in [0, 0.1) is 125 Å². The van der Waals surface area contributed by atoms with Gasteiger partial charge in [0.1, 0.15) is 11.5 Å². The normalized spacial score (nSPS) is 26.1. The van der Waals surface area contributed by atoms with Crippen LogP contribution >= 0.6 is 12.4 Å². The number of piperidine rings is 3. The lowest BCUT2D eigenvalue weighted by Gasteiger charge is -2.37. The summed E-state index contributed by atoms with van der Waals surface area (Å²) in [6.07, 6.45) is 12.1. The minimum Gasteiger partial charge on any atom is -0.427 e. The molecule has 6 saturated carbocycles. The Balaban J connectivity index is 0.000000232. The number of nitro groups is 1. The second kappa shape index (κ2) is 35.5. The fourth-order valence-corrected chi connectivity index (χ4v) is 19.0. The van der Waals surface area contributed by atoms with Crippen molar-refractivity contribution in [1.29, 1.82) is 0 Å². The molecule has 0 bridgehead atoms. The molecule has 15 atom stereocenters. The van der Waals surface area contributed by atoms with E-state index in [1.807, 2.05) is 69.2 Å². The number of rotatable bonds is 34. The van der Waals surface area contributed by atoms with Crippen LogP contribution < -0.4 is 10.5 Å². The van der Waals surface area contributed by atoms with E-state index in [0.717, 1.165) is 57.8 Å². The largest absolute Gasteiger partial charge is 0.427 e. The van der Waals surface area contributed by atoms with Gasteiger partial charge in [0.05, 0.1) is 41.4 Å². The highest BCUT2D eigenvalue weighted by Gasteiger charge is 2.72. The average molecular weight is 1550 g/mol. The van der Waals surface area contributed by atoms with Crippen LogP contribution in [0.3, 0.4) is 0 Å². The highest BCUT2D eigenvalue weighted by atomic mass is 35.5. The molecule has 1 aromatic carbocycles. The molecule has 110 heavy (non-hydrogen) atoms. The third kappa shape index (κ3) is 20.1. The Hall–Kier alpha value is -6.55. The first-order valence-electron chi connectivity index (χ1n) is 41.0. The number of carbonyl (C=O) groups is 14. The van der Waals surface area contributed by atoms with Gasteiger partial charge in [-0.3, -0.25) is 77.2 Å². The van der Waals surface area contributed by atoms with Crippen molar-refractivity contribution in [2.24, 2.45) is 121 Å². The molecule has 9 aliphatic rings. The van der Waals surface area contributed by atoms with Crippen LogP contribution in [-0.4, -0.2) is 145 Å². The van der Waals surface area contributed by atoms with Gasteiger partial charge in [0.25, 0.3) is 5.69 Å². The van der Waals surface area contributed by atoms with E-state index in [1.165, 1.54) is 24.3 Å². The second-order valence-electron chi connectivity index (χ2n) is 39.0. The van der Waals surface area contributed by atoms with Gasteiger partial charge in [-0.1, -0.05) is 189 Å². The zero-order valence-corrected chi connectivity index (χ0v) is 70.2. The Bertz CT molecular complexity index is 3670. The lowest BCUT2D eigenvalue weighted by atomic mass is 9.75. The molecular formula is C87H130ClN5O17. The van der Waals surface area contributed by atoms with Crippen molar-refractivity contribution in [3.63, 3.8) is 0 Å². The first kappa shape index (κ1) is 90.6. The monoisotopic (exact) mass is 1550 g/mol. The molecule has 9 fully saturated rings. The number of hydrogen-bond acceptors (Lipinski definition) is 18. The molecular weight excluding hydrogens is 1420 g/mol. The molecule has 3 heterocycles. The number of ketones is 10. The van der Waals surface area contributed by atoms with Crippen LogP contribution in [0.4, 0.5) is 5.69 Å². The van der Waals surface area contributed by atoms with Crippen molar-refractivity contribution in [1.82, 2.24) is 14.7 Å². The number of benzene rings is 1. The number of likely N-dealkylation sites (tertiary alicyclic amines) is 3. The highest BCUT2D eigenvalue weighted by molar-refractivity contribution is 6.39. The Morgan fingerprint density at radius 3 is 1.02 bits per heavy atom. The summed E-state index contributed by atoms with van der Waals surface area (Å²) < 4.78 is 5.42. The number of nitrogens with two attached hydrogens (primary N) is 1. The molecule has 612 valence electrons. The van der Waals surface area contributed by atoms with Crippen LogP contribution in [0.5, 0.6) is 5.75 Å². The number of non-ortho nitro benzene ring substituents is 1. The number of esters is 1.